The highest BCUT2D eigenvalue weighted by molar-refractivity contribution is 6.35. The number of likely N-dealkylation sites (tertiary alicyclic amines) is 1. The Bertz CT molecular complexity index is 1170. The first-order valence-electron chi connectivity index (χ1n) is 10.6. The lowest BCUT2D eigenvalue weighted by Crippen LogP contribution is -2.39. The summed E-state index contributed by atoms with van der Waals surface area (Å²) in [7, 11) is 0. The van der Waals surface area contributed by atoms with Gasteiger partial charge in [0, 0.05) is 34.8 Å². The van der Waals surface area contributed by atoms with Gasteiger partial charge in [-0.2, -0.15) is 0 Å². The van der Waals surface area contributed by atoms with Gasteiger partial charge in [0.15, 0.2) is 11.6 Å². The van der Waals surface area contributed by atoms with Crippen LogP contribution in [0.25, 0.3) is 5.69 Å². The van der Waals surface area contributed by atoms with Gasteiger partial charge in [-0.25, -0.2) is 4.39 Å². The fraction of sp³-hybridized carbons (Fsp3) is 0.391. The molecular formula is C23H23Cl2FN4O2. The lowest BCUT2D eigenvalue weighted by atomic mass is 10.1. The summed E-state index contributed by atoms with van der Waals surface area (Å²) in [6.07, 6.45) is 0.496. The Balaban J connectivity index is 1.55. The third-order valence-corrected chi connectivity index (χ3v) is 6.90. The SMILES string of the molecule is Cc1nnc(C)n1-c1ccc(F)c(O[C@@H]2c3cc(Cl)cc(Cl)c3C[C@@H]2N2CC[C@@H](O)C2)c1. The minimum atomic E-state index is -0.473. The molecule has 1 fully saturated rings. The van der Waals surface area contributed by atoms with Crippen LogP contribution in [0.1, 0.15) is 35.3 Å². The number of nitrogens with zero attached hydrogens (tertiary/aromatic N) is 4. The van der Waals surface area contributed by atoms with Gasteiger partial charge in [-0.15, -0.1) is 10.2 Å². The summed E-state index contributed by atoms with van der Waals surface area (Å²) in [5.41, 5.74) is 2.53. The number of benzene rings is 2. The molecule has 3 aromatic rings. The molecule has 1 saturated heterocycles. The van der Waals surface area contributed by atoms with Crippen LogP contribution in [0.2, 0.25) is 10.0 Å². The van der Waals surface area contributed by atoms with Gasteiger partial charge in [0.2, 0.25) is 0 Å². The summed E-state index contributed by atoms with van der Waals surface area (Å²) in [6, 6.07) is 8.21. The summed E-state index contributed by atoms with van der Waals surface area (Å²) >= 11 is 12.8. The molecule has 0 amide bonds. The van der Waals surface area contributed by atoms with Crippen LogP contribution in [0.4, 0.5) is 4.39 Å². The van der Waals surface area contributed by atoms with Gasteiger partial charge in [0.25, 0.3) is 0 Å². The summed E-state index contributed by atoms with van der Waals surface area (Å²) in [5, 5.41) is 19.3. The molecule has 2 aliphatic rings. The molecule has 1 aliphatic carbocycles. The van der Waals surface area contributed by atoms with E-state index in [0.717, 1.165) is 23.4 Å². The highest BCUT2D eigenvalue weighted by Gasteiger charge is 2.42. The van der Waals surface area contributed by atoms with Gasteiger partial charge in [-0.1, -0.05) is 23.2 Å². The molecule has 3 atom stereocenters. The summed E-state index contributed by atoms with van der Waals surface area (Å²) < 4.78 is 23.1. The maximum Gasteiger partial charge on any atom is 0.165 e. The Hall–Kier alpha value is -2.19. The molecule has 168 valence electrons. The van der Waals surface area contributed by atoms with Crippen LogP contribution in [0.5, 0.6) is 5.75 Å². The third kappa shape index (κ3) is 3.77. The van der Waals surface area contributed by atoms with Crippen molar-refractivity contribution in [2.45, 2.75) is 44.9 Å². The number of β-amino-alcohol motifs (C(OH)–C–C–N with tert-alkyl or cyclic N) is 1. The smallest absolute Gasteiger partial charge is 0.165 e. The normalized spacial score (nSPS) is 23.0. The molecule has 5 rings (SSSR count). The Morgan fingerprint density at radius 3 is 2.56 bits per heavy atom. The maximum atomic E-state index is 14.9. The lowest BCUT2D eigenvalue weighted by Gasteiger charge is -2.30. The number of ether oxygens (including phenoxy) is 1. The molecule has 6 nitrogen and oxygen atoms in total. The lowest BCUT2D eigenvalue weighted by molar-refractivity contribution is 0.0790. The number of rotatable bonds is 4. The fourth-order valence-corrected chi connectivity index (χ4v) is 5.43. The molecule has 0 radical (unpaired) electrons. The second-order valence-electron chi connectivity index (χ2n) is 8.45. The first-order chi connectivity index (χ1) is 15.3. The van der Waals surface area contributed by atoms with E-state index in [1.54, 1.807) is 18.2 Å². The molecule has 2 aromatic carbocycles. The number of aliphatic hydroxyl groups excluding tert-OH is 1. The zero-order valence-corrected chi connectivity index (χ0v) is 19.2. The molecule has 0 saturated carbocycles. The molecular weight excluding hydrogens is 454 g/mol. The highest BCUT2D eigenvalue weighted by atomic mass is 35.5. The van der Waals surface area contributed by atoms with Crippen molar-refractivity contribution in [3.05, 3.63) is 69.0 Å². The van der Waals surface area contributed by atoms with Crippen molar-refractivity contribution in [1.29, 1.82) is 0 Å². The van der Waals surface area contributed by atoms with Gasteiger partial charge in [0.05, 0.1) is 17.8 Å². The highest BCUT2D eigenvalue weighted by Crippen LogP contribution is 2.44. The largest absolute Gasteiger partial charge is 0.481 e. The van der Waals surface area contributed by atoms with Crippen LogP contribution < -0.4 is 4.74 Å². The molecule has 32 heavy (non-hydrogen) atoms. The minimum absolute atomic E-state index is 0.0837. The van der Waals surface area contributed by atoms with Gasteiger partial charge < -0.3 is 9.84 Å². The van der Waals surface area contributed by atoms with E-state index in [1.165, 1.54) is 6.07 Å². The van der Waals surface area contributed by atoms with E-state index >= 15 is 0 Å². The zero-order valence-electron chi connectivity index (χ0n) is 17.7. The first kappa shape index (κ1) is 21.6. The van der Waals surface area contributed by atoms with Gasteiger partial charge in [-0.3, -0.25) is 9.47 Å². The van der Waals surface area contributed by atoms with Crippen molar-refractivity contribution in [2.75, 3.05) is 13.1 Å². The van der Waals surface area contributed by atoms with Gasteiger partial charge in [0.1, 0.15) is 17.8 Å². The predicted octanol–water partition coefficient (Wildman–Crippen LogP) is 4.44. The molecule has 0 bridgehead atoms. The van der Waals surface area contributed by atoms with E-state index in [-0.39, 0.29) is 17.9 Å². The van der Waals surface area contributed by atoms with Crippen LogP contribution >= 0.6 is 23.2 Å². The van der Waals surface area contributed by atoms with E-state index in [1.807, 2.05) is 24.5 Å². The van der Waals surface area contributed by atoms with Gasteiger partial charge in [-0.05, 0) is 56.5 Å². The van der Waals surface area contributed by atoms with Crippen LogP contribution in [0, 0.1) is 19.7 Å². The molecule has 1 aliphatic heterocycles. The average Bonchev–Trinajstić information content (AvgIpc) is 3.42. The summed E-state index contributed by atoms with van der Waals surface area (Å²) in [6.45, 7) is 4.98. The quantitative estimate of drug-likeness (QED) is 0.602. The number of aliphatic hydroxyl groups is 1. The number of hydrogen-bond acceptors (Lipinski definition) is 5. The molecule has 2 heterocycles. The molecule has 0 unspecified atom stereocenters. The second-order valence-corrected chi connectivity index (χ2v) is 9.29. The average molecular weight is 477 g/mol. The Morgan fingerprint density at radius 1 is 1.12 bits per heavy atom. The third-order valence-electron chi connectivity index (χ3n) is 6.34. The number of aryl methyl sites for hydroxylation is 2. The van der Waals surface area contributed by atoms with E-state index in [2.05, 4.69) is 15.1 Å². The summed E-state index contributed by atoms with van der Waals surface area (Å²) in [4.78, 5) is 2.19. The molecule has 0 spiro atoms. The fourth-order valence-electron chi connectivity index (χ4n) is 4.85. The van der Waals surface area contributed by atoms with Crippen LogP contribution in [0.3, 0.4) is 0 Å². The number of halogens is 3. The van der Waals surface area contributed by atoms with Crippen LogP contribution in [-0.4, -0.2) is 50.0 Å². The Kier molecular flexibility index (Phi) is 5.61. The van der Waals surface area contributed by atoms with Gasteiger partial charge >= 0.3 is 0 Å². The van der Waals surface area contributed by atoms with Crippen LogP contribution in [0.15, 0.2) is 30.3 Å². The Labute approximate surface area is 195 Å². The first-order valence-corrected chi connectivity index (χ1v) is 11.3. The van der Waals surface area contributed by atoms with E-state index in [9.17, 15) is 9.50 Å². The second kappa shape index (κ2) is 8.30. The molecule has 1 aromatic heterocycles. The monoisotopic (exact) mass is 476 g/mol. The Morgan fingerprint density at radius 2 is 1.88 bits per heavy atom. The maximum absolute atomic E-state index is 14.9. The van der Waals surface area contributed by atoms with Crippen molar-refractivity contribution < 1.29 is 14.2 Å². The van der Waals surface area contributed by atoms with Crippen molar-refractivity contribution in [3.63, 3.8) is 0 Å². The van der Waals surface area contributed by atoms with E-state index in [4.69, 9.17) is 27.9 Å². The standard InChI is InChI=1S/C23H23Cl2FN4O2/c1-12-27-28-13(2)30(12)15-3-4-20(26)22(9-15)32-23-18-7-14(24)8-19(25)17(18)10-21(23)29-6-5-16(31)11-29/h3-4,7-9,16,21,23,31H,5-6,10-11H2,1-2H3/t16-,21+,23-/m1/s1. The van der Waals surface area contributed by atoms with E-state index < -0.39 is 11.9 Å². The van der Waals surface area contributed by atoms with E-state index in [0.29, 0.717) is 41.1 Å². The number of hydrogen-bond donors (Lipinski definition) is 1. The zero-order chi connectivity index (χ0) is 22.6. The molecule has 1 N–H and O–H groups in total. The number of fused-ring (bicyclic) bond motifs is 1. The van der Waals surface area contributed by atoms with Crippen LogP contribution in [-0.2, 0) is 6.42 Å². The topological polar surface area (TPSA) is 63.4 Å². The van der Waals surface area contributed by atoms with Crippen molar-refractivity contribution >= 4 is 23.2 Å². The minimum Gasteiger partial charge on any atom is -0.481 e. The molecule has 9 heteroatoms. The van der Waals surface area contributed by atoms with Crippen molar-refractivity contribution in [2.24, 2.45) is 0 Å². The number of aromatic nitrogens is 3. The predicted molar refractivity (Wildman–Crippen MR) is 120 cm³/mol. The van der Waals surface area contributed by atoms with Crippen molar-refractivity contribution in [3.8, 4) is 11.4 Å². The van der Waals surface area contributed by atoms with Crippen molar-refractivity contribution in [1.82, 2.24) is 19.7 Å². The summed E-state index contributed by atoms with van der Waals surface area (Å²) in [5.74, 6) is 1.08.